The summed E-state index contributed by atoms with van der Waals surface area (Å²) in [6.07, 6.45) is 2.08. The van der Waals surface area contributed by atoms with Crippen molar-refractivity contribution in [3.8, 4) is 0 Å². The molecular weight excluding hydrogens is 483 g/mol. The topological polar surface area (TPSA) is 73.8 Å². The van der Waals surface area contributed by atoms with Crippen LogP contribution in [0.3, 0.4) is 0 Å². The van der Waals surface area contributed by atoms with Gasteiger partial charge in [0.1, 0.15) is 0 Å². The molecular formula is C17H31IN4O2S2. The van der Waals surface area contributed by atoms with Gasteiger partial charge in [0.15, 0.2) is 15.8 Å². The van der Waals surface area contributed by atoms with Crippen LogP contribution >= 0.6 is 35.3 Å². The van der Waals surface area contributed by atoms with Crippen LogP contribution in [0.15, 0.2) is 22.5 Å². The first-order valence-corrected chi connectivity index (χ1v) is 11.2. The highest BCUT2D eigenvalue weighted by atomic mass is 127. The molecule has 1 aromatic rings. The van der Waals surface area contributed by atoms with E-state index in [1.54, 1.807) is 39.2 Å². The standard InChI is InChI=1S/C17H30N4O2S2.HI/c1-17(2,3)25(22,23)13-9-19-16(18-4)20-14-7-10-21(11-8-14)15-6-5-12-24-15;/h5-6,12,14H,7-11,13H2,1-4H3,(H2,18,19,20);1H. The van der Waals surface area contributed by atoms with Crippen LogP contribution in [0.4, 0.5) is 5.00 Å². The number of halogens is 1. The predicted octanol–water partition coefficient (Wildman–Crippen LogP) is 2.71. The van der Waals surface area contributed by atoms with E-state index >= 15 is 0 Å². The van der Waals surface area contributed by atoms with Crippen molar-refractivity contribution in [2.75, 3.05) is 37.3 Å². The summed E-state index contributed by atoms with van der Waals surface area (Å²) >= 11 is 1.78. The number of nitrogens with zero attached hydrogens (tertiary/aromatic N) is 2. The Morgan fingerprint density at radius 1 is 1.35 bits per heavy atom. The summed E-state index contributed by atoms with van der Waals surface area (Å²) in [5.74, 6) is 0.785. The Morgan fingerprint density at radius 3 is 2.50 bits per heavy atom. The third-order valence-electron chi connectivity index (χ3n) is 4.47. The fraction of sp³-hybridized carbons (Fsp3) is 0.706. The highest BCUT2D eigenvalue weighted by Crippen LogP contribution is 2.24. The number of hydrogen-bond donors (Lipinski definition) is 2. The molecule has 0 radical (unpaired) electrons. The quantitative estimate of drug-likeness (QED) is 0.359. The van der Waals surface area contributed by atoms with Crippen LogP contribution in [0.25, 0.3) is 0 Å². The molecule has 26 heavy (non-hydrogen) atoms. The van der Waals surface area contributed by atoms with E-state index in [1.165, 1.54) is 5.00 Å². The lowest BCUT2D eigenvalue weighted by Crippen LogP contribution is -2.49. The summed E-state index contributed by atoms with van der Waals surface area (Å²) in [5, 5.41) is 9.98. The van der Waals surface area contributed by atoms with Crippen molar-refractivity contribution in [3.05, 3.63) is 17.5 Å². The van der Waals surface area contributed by atoms with E-state index in [2.05, 4.69) is 38.0 Å². The molecule has 0 aliphatic carbocycles. The van der Waals surface area contributed by atoms with E-state index < -0.39 is 14.6 Å². The van der Waals surface area contributed by atoms with Crippen molar-refractivity contribution in [2.45, 2.75) is 44.4 Å². The molecule has 0 unspecified atom stereocenters. The normalized spacial score (nSPS) is 16.9. The molecule has 2 heterocycles. The number of hydrogen-bond acceptors (Lipinski definition) is 5. The maximum atomic E-state index is 12.2. The van der Waals surface area contributed by atoms with E-state index in [0.29, 0.717) is 18.5 Å². The molecule has 9 heteroatoms. The molecule has 0 spiro atoms. The van der Waals surface area contributed by atoms with Crippen LogP contribution in [0.5, 0.6) is 0 Å². The van der Waals surface area contributed by atoms with Crippen molar-refractivity contribution < 1.29 is 8.42 Å². The highest BCUT2D eigenvalue weighted by molar-refractivity contribution is 14.0. The summed E-state index contributed by atoms with van der Waals surface area (Å²) in [5.41, 5.74) is 0. The molecule has 2 rings (SSSR count). The molecule has 6 nitrogen and oxygen atoms in total. The number of guanidine groups is 1. The Balaban J connectivity index is 0.00000338. The number of aliphatic imine (C=N–C) groups is 1. The van der Waals surface area contributed by atoms with Crippen molar-refractivity contribution in [1.29, 1.82) is 0 Å². The molecule has 150 valence electrons. The van der Waals surface area contributed by atoms with Gasteiger partial charge in [-0.15, -0.1) is 35.3 Å². The van der Waals surface area contributed by atoms with Gasteiger partial charge >= 0.3 is 0 Å². The van der Waals surface area contributed by atoms with Crippen LogP contribution in [0.1, 0.15) is 33.6 Å². The fourth-order valence-corrected chi connectivity index (χ4v) is 4.46. The first-order chi connectivity index (χ1) is 11.7. The maximum absolute atomic E-state index is 12.2. The summed E-state index contributed by atoms with van der Waals surface area (Å²) in [6, 6.07) is 4.61. The number of piperidine rings is 1. The minimum atomic E-state index is -3.12. The van der Waals surface area contributed by atoms with E-state index in [9.17, 15) is 8.42 Å². The Hall–Kier alpha value is -0.550. The summed E-state index contributed by atoms with van der Waals surface area (Å²) in [6.45, 7) is 7.61. The van der Waals surface area contributed by atoms with Crippen molar-refractivity contribution >= 4 is 56.1 Å². The minimum absolute atomic E-state index is 0. The Labute approximate surface area is 178 Å². The Morgan fingerprint density at radius 2 is 2.00 bits per heavy atom. The summed E-state index contributed by atoms with van der Waals surface area (Å²) in [4.78, 5) is 6.63. The second-order valence-corrected chi connectivity index (χ2v) is 11.1. The monoisotopic (exact) mass is 514 g/mol. The summed E-state index contributed by atoms with van der Waals surface area (Å²) in [7, 11) is -1.40. The predicted molar refractivity (Wildman–Crippen MR) is 123 cm³/mol. The first kappa shape index (κ1) is 23.5. The van der Waals surface area contributed by atoms with Crippen LogP contribution < -0.4 is 15.5 Å². The van der Waals surface area contributed by atoms with Gasteiger partial charge in [0, 0.05) is 32.7 Å². The van der Waals surface area contributed by atoms with Crippen LogP contribution in [0, 0.1) is 0 Å². The highest BCUT2D eigenvalue weighted by Gasteiger charge is 2.28. The molecule has 1 saturated heterocycles. The number of rotatable bonds is 5. The van der Waals surface area contributed by atoms with Gasteiger partial charge < -0.3 is 15.5 Å². The molecule has 0 amide bonds. The number of nitrogens with one attached hydrogen (secondary N) is 2. The smallest absolute Gasteiger partial charge is 0.191 e. The lowest BCUT2D eigenvalue weighted by molar-refractivity contribution is 0.463. The third-order valence-corrected chi connectivity index (χ3v) is 8.01. The molecule has 1 aliphatic rings. The molecule has 1 aliphatic heterocycles. The second kappa shape index (κ2) is 10.1. The van der Waals surface area contributed by atoms with Crippen LogP contribution in [-0.4, -0.2) is 57.6 Å². The van der Waals surface area contributed by atoms with Gasteiger partial charge in [0.2, 0.25) is 0 Å². The van der Waals surface area contributed by atoms with Crippen LogP contribution in [-0.2, 0) is 9.84 Å². The number of thiophene rings is 1. The largest absolute Gasteiger partial charge is 0.363 e. The van der Waals surface area contributed by atoms with Crippen molar-refractivity contribution in [1.82, 2.24) is 10.6 Å². The SMILES string of the molecule is CN=C(NCCS(=O)(=O)C(C)(C)C)NC1CCN(c2cccs2)CC1.I. The lowest BCUT2D eigenvalue weighted by atomic mass is 10.1. The van der Waals surface area contributed by atoms with Gasteiger partial charge in [-0.2, -0.15) is 0 Å². The molecule has 0 bridgehead atoms. The molecule has 2 N–H and O–H groups in total. The molecule has 0 aromatic carbocycles. The molecule has 0 saturated carbocycles. The van der Waals surface area contributed by atoms with Crippen molar-refractivity contribution in [2.24, 2.45) is 4.99 Å². The van der Waals surface area contributed by atoms with Crippen molar-refractivity contribution in [3.63, 3.8) is 0 Å². The first-order valence-electron chi connectivity index (χ1n) is 8.71. The van der Waals surface area contributed by atoms with E-state index in [-0.39, 0.29) is 29.7 Å². The molecule has 1 fully saturated rings. The summed E-state index contributed by atoms with van der Waals surface area (Å²) < 4.78 is 23.6. The van der Waals surface area contributed by atoms with Gasteiger partial charge in [-0.3, -0.25) is 4.99 Å². The Bertz CT molecular complexity index is 661. The minimum Gasteiger partial charge on any atom is -0.363 e. The average molecular weight is 514 g/mol. The average Bonchev–Trinajstić information content (AvgIpc) is 3.08. The van der Waals surface area contributed by atoms with E-state index in [1.807, 2.05) is 0 Å². The van der Waals surface area contributed by atoms with E-state index in [0.717, 1.165) is 25.9 Å². The molecule has 0 atom stereocenters. The Kier molecular flexibility index (Phi) is 9.14. The maximum Gasteiger partial charge on any atom is 0.191 e. The zero-order valence-electron chi connectivity index (χ0n) is 16.0. The number of sulfone groups is 1. The second-order valence-electron chi connectivity index (χ2n) is 7.29. The van der Waals surface area contributed by atoms with Gasteiger partial charge in [0.25, 0.3) is 0 Å². The third kappa shape index (κ3) is 6.56. The van der Waals surface area contributed by atoms with Gasteiger partial charge in [-0.05, 0) is 51.1 Å². The van der Waals surface area contributed by atoms with Crippen LogP contribution in [0.2, 0.25) is 0 Å². The zero-order valence-corrected chi connectivity index (χ0v) is 20.0. The number of anilines is 1. The lowest BCUT2D eigenvalue weighted by Gasteiger charge is -2.33. The van der Waals surface area contributed by atoms with Gasteiger partial charge in [0.05, 0.1) is 15.5 Å². The zero-order chi connectivity index (χ0) is 18.5. The van der Waals surface area contributed by atoms with Gasteiger partial charge in [-0.25, -0.2) is 8.42 Å². The van der Waals surface area contributed by atoms with Gasteiger partial charge in [-0.1, -0.05) is 0 Å². The fourth-order valence-electron chi connectivity index (χ4n) is 2.69. The van der Waals surface area contributed by atoms with E-state index in [4.69, 9.17) is 0 Å². The molecule has 1 aromatic heterocycles.